The molecule has 0 saturated heterocycles. The van der Waals surface area contributed by atoms with Crippen LogP contribution in [0.5, 0.6) is 0 Å². The van der Waals surface area contributed by atoms with Crippen LogP contribution >= 0.6 is 11.8 Å². The minimum Gasteiger partial charge on any atom is -0.481 e. The van der Waals surface area contributed by atoms with Gasteiger partial charge in [-0.05, 0) is 31.4 Å². The van der Waals surface area contributed by atoms with Crippen LogP contribution in [0.2, 0.25) is 0 Å². The first-order valence-electron chi connectivity index (χ1n) is 7.68. The number of hydrogen-bond acceptors (Lipinski definition) is 3. The number of rotatable bonds is 8. The summed E-state index contributed by atoms with van der Waals surface area (Å²) in [6.45, 7) is 4.81. The van der Waals surface area contributed by atoms with Crippen molar-refractivity contribution in [3.63, 3.8) is 0 Å². The van der Waals surface area contributed by atoms with Gasteiger partial charge in [0.15, 0.2) is 0 Å². The molecule has 0 aliphatic heterocycles. The summed E-state index contributed by atoms with van der Waals surface area (Å²) in [6.07, 6.45) is 7.39. The molecule has 122 valence electrons. The van der Waals surface area contributed by atoms with Crippen LogP contribution in [0, 0.1) is 11.8 Å². The lowest BCUT2D eigenvalue weighted by molar-refractivity contribution is -0.142. The van der Waals surface area contributed by atoms with Crippen molar-refractivity contribution in [1.82, 2.24) is 10.6 Å². The SMILES string of the molecule is CSC1(CNC(=O)NCC(CC(C)C)C(=O)O)CCCC1. The molecule has 1 aliphatic rings. The van der Waals surface area contributed by atoms with Crippen LogP contribution in [0.4, 0.5) is 4.79 Å². The molecular weight excluding hydrogens is 288 g/mol. The molecule has 6 heteroatoms. The maximum atomic E-state index is 11.8. The molecule has 0 radical (unpaired) electrons. The minimum absolute atomic E-state index is 0.168. The second-order valence-electron chi connectivity index (χ2n) is 6.32. The van der Waals surface area contributed by atoms with Gasteiger partial charge in [0.05, 0.1) is 5.92 Å². The van der Waals surface area contributed by atoms with Crippen LogP contribution in [0.25, 0.3) is 0 Å². The number of urea groups is 1. The van der Waals surface area contributed by atoms with Gasteiger partial charge in [-0.1, -0.05) is 26.7 Å². The zero-order chi connectivity index (χ0) is 15.9. The van der Waals surface area contributed by atoms with Gasteiger partial charge < -0.3 is 15.7 Å². The van der Waals surface area contributed by atoms with Crippen molar-refractivity contribution in [2.24, 2.45) is 11.8 Å². The highest BCUT2D eigenvalue weighted by atomic mass is 32.2. The van der Waals surface area contributed by atoms with Crippen molar-refractivity contribution >= 4 is 23.8 Å². The third kappa shape index (κ3) is 6.16. The Morgan fingerprint density at radius 3 is 2.33 bits per heavy atom. The van der Waals surface area contributed by atoms with E-state index >= 15 is 0 Å². The smallest absolute Gasteiger partial charge is 0.314 e. The van der Waals surface area contributed by atoms with E-state index in [-0.39, 0.29) is 17.3 Å². The lowest BCUT2D eigenvalue weighted by atomic mass is 9.97. The Bertz CT molecular complexity index is 355. The first-order valence-corrected chi connectivity index (χ1v) is 8.90. The number of carbonyl (C=O) groups is 2. The lowest BCUT2D eigenvalue weighted by Gasteiger charge is -2.27. The second-order valence-corrected chi connectivity index (χ2v) is 7.60. The molecule has 5 nitrogen and oxygen atoms in total. The molecule has 1 aliphatic carbocycles. The summed E-state index contributed by atoms with van der Waals surface area (Å²) >= 11 is 1.82. The number of nitrogens with one attached hydrogen (secondary N) is 2. The molecular formula is C15H28N2O3S. The molecule has 0 aromatic carbocycles. The van der Waals surface area contributed by atoms with Crippen molar-refractivity contribution < 1.29 is 14.7 Å². The Labute approximate surface area is 131 Å². The second kappa shape index (κ2) is 8.51. The van der Waals surface area contributed by atoms with Crippen LogP contribution in [0.1, 0.15) is 46.0 Å². The van der Waals surface area contributed by atoms with Gasteiger partial charge in [0.2, 0.25) is 0 Å². The number of hydrogen-bond donors (Lipinski definition) is 3. The highest BCUT2D eigenvalue weighted by molar-refractivity contribution is 8.00. The molecule has 1 saturated carbocycles. The van der Waals surface area contributed by atoms with Crippen LogP contribution in [-0.4, -0.2) is 41.2 Å². The molecule has 0 aromatic rings. The molecule has 1 fully saturated rings. The predicted octanol–water partition coefficient (Wildman–Crippen LogP) is 2.71. The zero-order valence-corrected chi connectivity index (χ0v) is 14.1. The van der Waals surface area contributed by atoms with Crippen LogP contribution < -0.4 is 10.6 Å². The number of carboxylic acid groups (broad SMARTS) is 1. The Hall–Kier alpha value is -0.910. The summed E-state index contributed by atoms with van der Waals surface area (Å²) < 4.78 is 0.168. The van der Waals surface area contributed by atoms with Gasteiger partial charge in [-0.15, -0.1) is 0 Å². The van der Waals surface area contributed by atoms with Gasteiger partial charge in [0.25, 0.3) is 0 Å². The van der Waals surface area contributed by atoms with E-state index in [2.05, 4.69) is 16.9 Å². The van der Waals surface area contributed by atoms with E-state index in [4.69, 9.17) is 5.11 Å². The normalized spacial score (nSPS) is 18.5. The van der Waals surface area contributed by atoms with E-state index in [1.807, 2.05) is 25.6 Å². The van der Waals surface area contributed by atoms with Crippen LogP contribution in [0.15, 0.2) is 0 Å². The highest BCUT2D eigenvalue weighted by Crippen LogP contribution is 2.39. The Kier molecular flexibility index (Phi) is 7.35. The topological polar surface area (TPSA) is 78.4 Å². The monoisotopic (exact) mass is 316 g/mol. The zero-order valence-electron chi connectivity index (χ0n) is 13.3. The van der Waals surface area contributed by atoms with E-state index < -0.39 is 11.9 Å². The number of carbonyl (C=O) groups excluding carboxylic acids is 1. The summed E-state index contributed by atoms with van der Waals surface area (Å²) in [7, 11) is 0. The molecule has 1 atom stereocenters. The van der Waals surface area contributed by atoms with Crippen molar-refractivity contribution in [1.29, 1.82) is 0 Å². The summed E-state index contributed by atoms with van der Waals surface area (Å²) in [6, 6.07) is -0.259. The first kappa shape index (κ1) is 18.1. The fourth-order valence-corrected chi connectivity index (χ4v) is 3.75. The van der Waals surface area contributed by atoms with Crippen LogP contribution in [-0.2, 0) is 4.79 Å². The third-order valence-electron chi connectivity index (χ3n) is 4.13. The molecule has 2 amide bonds. The molecule has 0 aromatic heterocycles. The molecule has 1 rings (SSSR count). The Balaban J connectivity index is 2.34. The summed E-state index contributed by atoms with van der Waals surface area (Å²) in [5.41, 5.74) is 0. The fourth-order valence-electron chi connectivity index (χ4n) is 2.83. The van der Waals surface area contributed by atoms with E-state index in [9.17, 15) is 9.59 Å². The van der Waals surface area contributed by atoms with Crippen molar-refractivity contribution in [3.05, 3.63) is 0 Å². The molecule has 0 bridgehead atoms. The predicted molar refractivity (Wildman–Crippen MR) is 86.7 cm³/mol. The van der Waals surface area contributed by atoms with Crippen LogP contribution in [0.3, 0.4) is 0 Å². The highest BCUT2D eigenvalue weighted by Gasteiger charge is 2.33. The van der Waals surface area contributed by atoms with Gasteiger partial charge in [0, 0.05) is 17.8 Å². The van der Waals surface area contributed by atoms with E-state index in [1.165, 1.54) is 12.8 Å². The summed E-state index contributed by atoms with van der Waals surface area (Å²) in [5, 5.41) is 14.7. The standard InChI is InChI=1S/C15H28N2O3S/c1-11(2)8-12(13(18)19)9-16-14(20)17-10-15(21-3)6-4-5-7-15/h11-12H,4-10H2,1-3H3,(H,18,19)(H2,16,17,20). The molecule has 3 N–H and O–H groups in total. The number of aliphatic carboxylic acids is 1. The maximum Gasteiger partial charge on any atom is 0.314 e. The van der Waals surface area contributed by atoms with Gasteiger partial charge in [0.1, 0.15) is 0 Å². The average molecular weight is 316 g/mol. The quantitative estimate of drug-likeness (QED) is 0.643. The van der Waals surface area contributed by atoms with Gasteiger partial charge >= 0.3 is 12.0 Å². The summed E-state index contributed by atoms with van der Waals surface area (Å²) in [5.74, 6) is -1.06. The fraction of sp³-hybridized carbons (Fsp3) is 0.867. The van der Waals surface area contributed by atoms with Gasteiger partial charge in [-0.25, -0.2) is 4.79 Å². The average Bonchev–Trinajstić information content (AvgIpc) is 2.90. The van der Waals surface area contributed by atoms with Crippen molar-refractivity contribution in [3.8, 4) is 0 Å². The van der Waals surface area contributed by atoms with Crippen molar-refractivity contribution in [2.75, 3.05) is 19.3 Å². The van der Waals surface area contributed by atoms with E-state index in [0.29, 0.717) is 18.9 Å². The van der Waals surface area contributed by atoms with Gasteiger partial charge in [-0.2, -0.15) is 11.8 Å². The molecule has 0 heterocycles. The largest absolute Gasteiger partial charge is 0.481 e. The van der Waals surface area contributed by atoms with E-state index in [0.717, 1.165) is 12.8 Å². The van der Waals surface area contributed by atoms with Gasteiger partial charge in [-0.3, -0.25) is 4.79 Å². The van der Waals surface area contributed by atoms with Crippen molar-refractivity contribution in [2.45, 2.75) is 50.7 Å². The number of thioether (sulfide) groups is 1. The molecule has 0 spiro atoms. The lowest BCUT2D eigenvalue weighted by Crippen LogP contribution is -2.45. The Morgan fingerprint density at radius 1 is 1.24 bits per heavy atom. The number of amides is 2. The minimum atomic E-state index is -0.847. The van der Waals surface area contributed by atoms with E-state index in [1.54, 1.807) is 0 Å². The Morgan fingerprint density at radius 2 is 1.86 bits per heavy atom. The number of carboxylic acids is 1. The third-order valence-corrected chi connectivity index (χ3v) is 5.55. The maximum absolute atomic E-state index is 11.8. The molecule has 1 unspecified atom stereocenters. The summed E-state index contributed by atoms with van der Waals surface area (Å²) in [4.78, 5) is 23.0. The molecule has 21 heavy (non-hydrogen) atoms. The first-order chi connectivity index (χ1) is 9.88.